The maximum absolute atomic E-state index is 11.5. The highest BCUT2D eigenvalue weighted by Gasteiger charge is 2.05. The molecule has 2 rings (SSSR count). The van der Waals surface area contributed by atoms with Crippen LogP contribution in [0.2, 0.25) is 0 Å². The molecule has 0 saturated heterocycles. The molecular weight excluding hydrogens is 360 g/mol. The second-order valence-corrected chi connectivity index (χ2v) is 7.15. The van der Waals surface area contributed by atoms with Gasteiger partial charge in [-0.25, -0.2) is 9.78 Å². The Kier molecular flexibility index (Phi) is 8.77. The summed E-state index contributed by atoms with van der Waals surface area (Å²) in [7, 11) is 1.39. The number of nitrogens with zero attached hydrogens (tertiary/aromatic N) is 2. The number of thiazole rings is 1. The van der Waals surface area contributed by atoms with E-state index in [0.29, 0.717) is 12.1 Å². The molecule has 0 spiro atoms. The van der Waals surface area contributed by atoms with Crippen LogP contribution in [0.3, 0.4) is 0 Å². The zero-order valence-corrected chi connectivity index (χ0v) is 17.1. The van der Waals surface area contributed by atoms with Gasteiger partial charge in [0.1, 0.15) is 0 Å². The van der Waals surface area contributed by atoms with Gasteiger partial charge in [-0.2, -0.15) is 0 Å². The maximum Gasteiger partial charge on any atom is 0.337 e. The molecule has 0 saturated carbocycles. The maximum atomic E-state index is 11.5. The van der Waals surface area contributed by atoms with Crippen LogP contribution in [0, 0.1) is 0 Å². The second kappa shape index (κ2) is 11.3. The van der Waals surface area contributed by atoms with Crippen LogP contribution in [0.4, 0.5) is 0 Å². The number of aryl methyl sites for hydroxylation is 1. The highest BCUT2D eigenvalue weighted by molar-refractivity contribution is 7.11. The molecule has 0 bridgehead atoms. The van der Waals surface area contributed by atoms with Gasteiger partial charge in [-0.3, -0.25) is 4.99 Å². The fourth-order valence-corrected chi connectivity index (χ4v) is 3.33. The predicted molar refractivity (Wildman–Crippen MR) is 111 cm³/mol. The molecule has 1 aromatic heterocycles. The van der Waals surface area contributed by atoms with Gasteiger partial charge in [-0.1, -0.05) is 19.1 Å². The van der Waals surface area contributed by atoms with Crippen LogP contribution >= 0.6 is 11.3 Å². The fourth-order valence-electron chi connectivity index (χ4n) is 2.48. The molecule has 0 aliphatic carbocycles. The highest BCUT2D eigenvalue weighted by atomic mass is 32.1. The van der Waals surface area contributed by atoms with Crippen LogP contribution in [0.15, 0.2) is 35.5 Å². The van der Waals surface area contributed by atoms with E-state index in [9.17, 15) is 4.79 Å². The lowest BCUT2D eigenvalue weighted by Crippen LogP contribution is -2.38. The number of hydrogen-bond acceptors (Lipinski definition) is 5. The Hall–Kier alpha value is -2.41. The van der Waals surface area contributed by atoms with Gasteiger partial charge in [0.25, 0.3) is 0 Å². The smallest absolute Gasteiger partial charge is 0.337 e. The van der Waals surface area contributed by atoms with Crippen LogP contribution in [0.25, 0.3) is 0 Å². The Morgan fingerprint density at radius 3 is 2.59 bits per heavy atom. The number of aliphatic imine (C=N–C) groups is 1. The molecule has 0 aliphatic heterocycles. The molecule has 6 nitrogen and oxygen atoms in total. The molecule has 7 heteroatoms. The Morgan fingerprint density at radius 2 is 1.96 bits per heavy atom. The Bertz CT molecular complexity index is 741. The van der Waals surface area contributed by atoms with Gasteiger partial charge in [0.2, 0.25) is 0 Å². The number of guanidine groups is 1. The van der Waals surface area contributed by atoms with Crippen LogP contribution in [0.5, 0.6) is 0 Å². The number of benzene rings is 1. The lowest BCUT2D eigenvalue weighted by Gasteiger charge is -2.11. The van der Waals surface area contributed by atoms with Crippen LogP contribution in [-0.2, 0) is 24.0 Å². The van der Waals surface area contributed by atoms with Gasteiger partial charge in [-0.05, 0) is 37.5 Å². The van der Waals surface area contributed by atoms with Crippen LogP contribution in [-0.4, -0.2) is 43.7 Å². The summed E-state index contributed by atoms with van der Waals surface area (Å²) in [5.41, 5.74) is 1.72. The van der Waals surface area contributed by atoms with Gasteiger partial charge in [0.05, 0.1) is 17.7 Å². The van der Waals surface area contributed by atoms with Crippen molar-refractivity contribution in [3.8, 4) is 0 Å². The minimum absolute atomic E-state index is 0.312. The summed E-state index contributed by atoms with van der Waals surface area (Å²) < 4.78 is 4.71. The molecule has 0 atom stereocenters. The molecule has 27 heavy (non-hydrogen) atoms. The number of carbonyl (C=O) groups is 1. The first-order valence-corrected chi connectivity index (χ1v) is 10.1. The standard InChI is InChI=1S/C20H28N4O2S/c1-4-17-14-24-18(27-17)11-13-23-20(21-5-2)22-12-10-15-6-8-16(9-7-15)19(25)26-3/h6-9,14H,4-5,10-13H2,1-3H3,(H2,21,22,23). The minimum atomic E-state index is -0.312. The first-order valence-electron chi connectivity index (χ1n) is 9.29. The Morgan fingerprint density at radius 1 is 1.19 bits per heavy atom. The lowest BCUT2D eigenvalue weighted by molar-refractivity contribution is 0.0600. The summed E-state index contributed by atoms with van der Waals surface area (Å²) in [6.07, 6.45) is 4.69. The summed E-state index contributed by atoms with van der Waals surface area (Å²) in [5, 5.41) is 7.75. The van der Waals surface area contributed by atoms with Crippen LogP contribution in [0.1, 0.15) is 39.7 Å². The van der Waals surface area contributed by atoms with Crippen molar-refractivity contribution < 1.29 is 9.53 Å². The van der Waals surface area contributed by atoms with Gasteiger partial charge < -0.3 is 15.4 Å². The first kappa shape index (κ1) is 20.9. The zero-order valence-electron chi connectivity index (χ0n) is 16.2. The lowest BCUT2D eigenvalue weighted by atomic mass is 10.1. The number of aromatic nitrogens is 1. The predicted octanol–water partition coefficient (Wildman–Crippen LogP) is 2.83. The van der Waals surface area contributed by atoms with E-state index in [4.69, 9.17) is 4.74 Å². The van der Waals surface area contributed by atoms with Crippen molar-refractivity contribution in [3.05, 3.63) is 51.5 Å². The number of hydrogen-bond donors (Lipinski definition) is 2. The molecule has 2 aromatic rings. The topological polar surface area (TPSA) is 75.6 Å². The van der Waals surface area contributed by atoms with E-state index < -0.39 is 0 Å². The van der Waals surface area contributed by atoms with Gasteiger partial charge in [-0.15, -0.1) is 11.3 Å². The average Bonchev–Trinajstić information content (AvgIpc) is 3.16. The highest BCUT2D eigenvalue weighted by Crippen LogP contribution is 2.13. The van der Waals surface area contributed by atoms with Crippen molar-refractivity contribution in [1.82, 2.24) is 15.6 Å². The molecule has 2 N–H and O–H groups in total. The quantitative estimate of drug-likeness (QED) is 0.392. The van der Waals surface area contributed by atoms with Crippen molar-refractivity contribution in [1.29, 1.82) is 0 Å². The first-order chi connectivity index (χ1) is 13.2. The van der Waals surface area contributed by atoms with Crippen molar-refractivity contribution in [2.75, 3.05) is 26.7 Å². The van der Waals surface area contributed by atoms with E-state index in [1.165, 1.54) is 12.0 Å². The third-order valence-corrected chi connectivity index (χ3v) is 5.17. The van der Waals surface area contributed by atoms with Gasteiger partial charge >= 0.3 is 5.97 Å². The summed E-state index contributed by atoms with van der Waals surface area (Å²) >= 11 is 1.76. The molecule has 146 valence electrons. The van der Waals surface area contributed by atoms with Crippen molar-refractivity contribution >= 4 is 23.3 Å². The molecule has 0 aliphatic rings. The van der Waals surface area contributed by atoms with E-state index in [2.05, 4.69) is 34.5 Å². The van der Waals surface area contributed by atoms with Gasteiger partial charge in [0.15, 0.2) is 5.96 Å². The van der Waals surface area contributed by atoms with E-state index in [-0.39, 0.29) is 5.97 Å². The number of rotatable bonds is 9. The molecule has 1 aromatic carbocycles. The van der Waals surface area contributed by atoms with Crippen molar-refractivity contribution in [2.45, 2.75) is 33.1 Å². The van der Waals surface area contributed by atoms with Crippen molar-refractivity contribution in [3.63, 3.8) is 0 Å². The molecule has 0 fully saturated rings. The van der Waals surface area contributed by atoms with Crippen LogP contribution < -0.4 is 10.6 Å². The summed E-state index contributed by atoms with van der Waals surface area (Å²) in [6.45, 7) is 6.49. The van der Waals surface area contributed by atoms with E-state index in [1.807, 2.05) is 18.3 Å². The number of methoxy groups -OCH3 is 1. The average molecular weight is 389 g/mol. The van der Waals surface area contributed by atoms with E-state index in [1.54, 1.807) is 23.5 Å². The zero-order chi connectivity index (χ0) is 19.5. The molecule has 0 unspecified atom stereocenters. The molecular formula is C20H28N4O2S. The third-order valence-electron chi connectivity index (χ3n) is 3.97. The third kappa shape index (κ3) is 7.02. The summed E-state index contributed by atoms with van der Waals surface area (Å²) in [6, 6.07) is 7.48. The number of nitrogens with one attached hydrogen (secondary N) is 2. The number of ether oxygens (including phenoxy) is 1. The summed E-state index contributed by atoms with van der Waals surface area (Å²) in [4.78, 5) is 21.8. The van der Waals surface area contributed by atoms with Gasteiger partial charge in [0, 0.05) is 37.1 Å². The number of esters is 1. The monoisotopic (exact) mass is 388 g/mol. The second-order valence-electron chi connectivity index (χ2n) is 5.95. The SMILES string of the molecule is CCNC(=NCCc1ncc(CC)s1)NCCc1ccc(C(=O)OC)cc1. The Labute approximate surface area is 165 Å². The number of carbonyl (C=O) groups excluding carboxylic acids is 1. The van der Waals surface area contributed by atoms with E-state index >= 15 is 0 Å². The minimum Gasteiger partial charge on any atom is -0.465 e. The molecule has 0 radical (unpaired) electrons. The fraction of sp³-hybridized carbons (Fsp3) is 0.450. The Balaban J connectivity index is 1.80. The summed E-state index contributed by atoms with van der Waals surface area (Å²) in [5.74, 6) is 0.503. The largest absolute Gasteiger partial charge is 0.465 e. The normalized spacial score (nSPS) is 11.3. The van der Waals surface area contributed by atoms with E-state index in [0.717, 1.165) is 48.9 Å². The van der Waals surface area contributed by atoms with Crippen molar-refractivity contribution in [2.24, 2.45) is 4.99 Å². The molecule has 1 heterocycles. The molecule has 0 amide bonds.